The van der Waals surface area contributed by atoms with Gasteiger partial charge in [0.2, 0.25) is 10.0 Å². The fourth-order valence-electron chi connectivity index (χ4n) is 4.48. The number of hydrogen-bond acceptors (Lipinski definition) is 5. The molecule has 12 heteroatoms. The number of amides is 2. The van der Waals surface area contributed by atoms with E-state index in [1.807, 2.05) is 23.1 Å². The molecule has 4 rings (SSSR count). The molecule has 2 aliphatic rings. The van der Waals surface area contributed by atoms with Gasteiger partial charge >= 0.3 is 6.03 Å². The molecule has 2 aliphatic heterocycles. The van der Waals surface area contributed by atoms with Gasteiger partial charge in [-0.2, -0.15) is 4.31 Å². The fraction of sp³-hybridized carbons (Fsp3) is 0.455. The standard InChI is InChI=1S/C22H26Cl3N5O3S/c1-34(32,33)30-8-6-28(7-9-30)22(31)29-13-16(11-26-21-5-3-17(23)12-27-21)18(14-29)15-2-4-19(24)20(25)10-15/h2-5,10,12,16,18H,6-9,11,13-14H2,1H3,(H,26,27)/t16-,18+/m0/s1. The van der Waals surface area contributed by atoms with Crippen LogP contribution in [0.2, 0.25) is 15.1 Å². The zero-order valence-corrected chi connectivity index (χ0v) is 21.7. The number of hydrogen-bond donors (Lipinski definition) is 1. The summed E-state index contributed by atoms with van der Waals surface area (Å²) in [5, 5.41) is 4.87. The monoisotopic (exact) mass is 545 g/mol. The van der Waals surface area contributed by atoms with Crippen molar-refractivity contribution < 1.29 is 13.2 Å². The predicted octanol–water partition coefficient (Wildman–Crippen LogP) is 3.87. The molecule has 0 radical (unpaired) electrons. The molecule has 34 heavy (non-hydrogen) atoms. The zero-order chi connectivity index (χ0) is 24.5. The summed E-state index contributed by atoms with van der Waals surface area (Å²) < 4.78 is 25.0. The molecular weight excluding hydrogens is 521 g/mol. The zero-order valence-electron chi connectivity index (χ0n) is 18.6. The normalized spacial score (nSPS) is 21.6. The predicted molar refractivity (Wildman–Crippen MR) is 135 cm³/mol. The minimum Gasteiger partial charge on any atom is -0.370 e. The maximum Gasteiger partial charge on any atom is 0.320 e. The van der Waals surface area contributed by atoms with Crippen LogP contribution in [0, 0.1) is 5.92 Å². The third-order valence-electron chi connectivity index (χ3n) is 6.33. The van der Waals surface area contributed by atoms with Crippen LogP contribution in [0.5, 0.6) is 0 Å². The highest BCUT2D eigenvalue weighted by atomic mass is 35.5. The van der Waals surface area contributed by atoms with Gasteiger partial charge in [-0.25, -0.2) is 18.2 Å². The average Bonchev–Trinajstić information content (AvgIpc) is 3.24. The number of halogens is 3. The second-order valence-corrected chi connectivity index (χ2v) is 11.9. The number of carbonyl (C=O) groups excluding carboxylic acids is 1. The van der Waals surface area contributed by atoms with Gasteiger partial charge < -0.3 is 15.1 Å². The van der Waals surface area contributed by atoms with Crippen LogP contribution in [0.15, 0.2) is 36.5 Å². The van der Waals surface area contributed by atoms with Crippen LogP contribution in [0.1, 0.15) is 11.5 Å². The molecule has 1 aromatic heterocycles. The lowest BCUT2D eigenvalue weighted by atomic mass is 9.89. The number of nitrogens with zero attached hydrogens (tertiary/aromatic N) is 4. The minimum atomic E-state index is -3.26. The SMILES string of the molecule is CS(=O)(=O)N1CCN(C(=O)N2C[C@H](CNc3ccc(Cl)cn3)[C@@H](c3ccc(Cl)c(Cl)c3)C2)CC1. The molecule has 1 N–H and O–H groups in total. The number of aromatic nitrogens is 1. The summed E-state index contributed by atoms with van der Waals surface area (Å²) in [5.74, 6) is 0.866. The van der Waals surface area contributed by atoms with Crippen molar-refractivity contribution in [1.29, 1.82) is 0 Å². The van der Waals surface area contributed by atoms with E-state index in [1.54, 1.807) is 23.2 Å². The summed E-state index contributed by atoms with van der Waals surface area (Å²) in [4.78, 5) is 21.2. The molecule has 2 atom stereocenters. The molecule has 0 unspecified atom stereocenters. The van der Waals surface area contributed by atoms with Crippen molar-refractivity contribution in [2.45, 2.75) is 5.92 Å². The first-order valence-electron chi connectivity index (χ1n) is 10.9. The Hall–Kier alpha value is -1.78. The summed E-state index contributed by atoms with van der Waals surface area (Å²) in [6, 6.07) is 9.10. The highest BCUT2D eigenvalue weighted by Crippen LogP contribution is 2.36. The van der Waals surface area contributed by atoms with Crippen LogP contribution in [-0.4, -0.2) is 85.6 Å². The van der Waals surface area contributed by atoms with E-state index in [2.05, 4.69) is 10.3 Å². The maximum absolute atomic E-state index is 13.3. The quantitative estimate of drug-likeness (QED) is 0.615. The molecule has 3 heterocycles. The van der Waals surface area contributed by atoms with Crippen LogP contribution >= 0.6 is 34.8 Å². The van der Waals surface area contributed by atoms with Gasteiger partial charge in [-0.3, -0.25) is 0 Å². The average molecular weight is 547 g/mol. The Morgan fingerprint density at radius 3 is 2.38 bits per heavy atom. The maximum atomic E-state index is 13.3. The number of sulfonamides is 1. The number of urea groups is 1. The number of piperazine rings is 1. The topological polar surface area (TPSA) is 85.9 Å². The molecule has 2 aromatic rings. The Labute approximate surface area is 214 Å². The van der Waals surface area contributed by atoms with E-state index in [4.69, 9.17) is 34.8 Å². The molecule has 0 spiro atoms. The molecule has 0 saturated carbocycles. The second kappa shape index (κ2) is 10.5. The lowest BCUT2D eigenvalue weighted by Gasteiger charge is -2.35. The van der Waals surface area contributed by atoms with Gasteiger partial charge in [-0.1, -0.05) is 40.9 Å². The first-order chi connectivity index (χ1) is 16.1. The van der Waals surface area contributed by atoms with Crippen molar-refractivity contribution in [3.63, 3.8) is 0 Å². The number of anilines is 1. The lowest BCUT2D eigenvalue weighted by Crippen LogP contribution is -2.53. The van der Waals surface area contributed by atoms with Gasteiger partial charge in [-0.05, 0) is 29.8 Å². The Kier molecular flexibility index (Phi) is 7.79. The smallest absolute Gasteiger partial charge is 0.320 e. The largest absolute Gasteiger partial charge is 0.370 e. The van der Waals surface area contributed by atoms with Crippen molar-refractivity contribution in [2.75, 3.05) is 57.4 Å². The Balaban J connectivity index is 1.48. The fourth-order valence-corrected chi connectivity index (χ4v) is 5.73. The van der Waals surface area contributed by atoms with E-state index in [0.29, 0.717) is 66.7 Å². The van der Waals surface area contributed by atoms with Gasteiger partial charge in [0.25, 0.3) is 0 Å². The van der Waals surface area contributed by atoms with Gasteiger partial charge in [0.15, 0.2) is 0 Å². The molecule has 2 amide bonds. The van der Waals surface area contributed by atoms with E-state index in [9.17, 15) is 13.2 Å². The van der Waals surface area contributed by atoms with Gasteiger partial charge in [-0.15, -0.1) is 0 Å². The molecule has 2 fully saturated rings. The van der Waals surface area contributed by atoms with Crippen molar-refractivity contribution in [2.24, 2.45) is 5.92 Å². The van der Waals surface area contributed by atoms with E-state index in [-0.39, 0.29) is 17.9 Å². The van der Waals surface area contributed by atoms with Gasteiger partial charge in [0, 0.05) is 63.8 Å². The highest BCUT2D eigenvalue weighted by molar-refractivity contribution is 7.88. The summed E-state index contributed by atoms with van der Waals surface area (Å²) in [7, 11) is -3.26. The Morgan fingerprint density at radius 2 is 1.76 bits per heavy atom. The number of pyridine rings is 1. The third-order valence-corrected chi connectivity index (χ3v) is 8.60. The molecule has 0 aliphatic carbocycles. The van der Waals surface area contributed by atoms with Crippen LogP contribution in [0.3, 0.4) is 0 Å². The Bertz CT molecular complexity index is 1140. The molecular formula is C22H26Cl3N5O3S. The minimum absolute atomic E-state index is 0.0517. The molecule has 2 saturated heterocycles. The van der Waals surface area contributed by atoms with Gasteiger partial charge in [0.1, 0.15) is 5.82 Å². The summed E-state index contributed by atoms with van der Waals surface area (Å²) in [5.41, 5.74) is 1.02. The molecule has 184 valence electrons. The molecule has 1 aromatic carbocycles. The van der Waals surface area contributed by atoms with Crippen molar-refractivity contribution >= 4 is 56.7 Å². The molecule has 8 nitrogen and oxygen atoms in total. The summed E-state index contributed by atoms with van der Waals surface area (Å²) in [6.45, 7) is 3.05. The van der Waals surface area contributed by atoms with Crippen LogP contribution < -0.4 is 5.32 Å². The number of carbonyl (C=O) groups is 1. The highest BCUT2D eigenvalue weighted by Gasteiger charge is 2.38. The number of likely N-dealkylation sites (tertiary alicyclic amines) is 1. The van der Waals surface area contributed by atoms with E-state index in [1.165, 1.54) is 10.6 Å². The van der Waals surface area contributed by atoms with E-state index >= 15 is 0 Å². The molecule has 0 bridgehead atoms. The van der Waals surface area contributed by atoms with E-state index < -0.39 is 10.0 Å². The first kappa shape index (κ1) is 25.3. The lowest BCUT2D eigenvalue weighted by molar-refractivity contribution is 0.141. The number of benzene rings is 1. The van der Waals surface area contributed by atoms with Crippen molar-refractivity contribution in [3.05, 3.63) is 57.2 Å². The van der Waals surface area contributed by atoms with Crippen molar-refractivity contribution in [1.82, 2.24) is 19.1 Å². The second-order valence-electron chi connectivity index (χ2n) is 8.62. The summed E-state index contributed by atoms with van der Waals surface area (Å²) >= 11 is 18.3. The Morgan fingerprint density at radius 1 is 1.03 bits per heavy atom. The third kappa shape index (κ3) is 5.88. The van der Waals surface area contributed by atoms with Crippen LogP contribution in [0.25, 0.3) is 0 Å². The first-order valence-corrected chi connectivity index (χ1v) is 13.9. The van der Waals surface area contributed by atoms with E-state index in [0.717, 1.165) is 5.56 Å². The van der Waals surface area contributed by atoms with Gasteiger partial charge in [0.05, 0.1) is 21.3 Å². The number of nitrogens with one attached hydrogen (secondary N) is 1. The van der Waals surface area contributed by atoms with Crippen molar-refractivity contribution in [3.8, 4) is 0 Å². The number of rotatable bonds is 5. The van der Waals surface area contributed by atoms with Crippen LogP contribution in [0.4, 0.5) is 10.6 Å². The van der Waals surface area contributed by atoms with Crippen LogP contribution in [-0.2, 0) is 10.0 Å². The summed E-state index contributed by atoms with van der Waals surface area (Å²) in [6.07, 6.45) is 2.78.